The predicted molar refractivity (Wildman–Crippen MR) is 97.6 cm³/mol. The minimum atomic E-state index is -0.548. The van der Waals surface area contributed by atoms with Crippen LogP contribution in [0.25, 0.3) is 0 Å². The van der Waals surface area contributed by atoms with Gasteiger partial charge in [0.25, 0.3) is 0 Å². The molecule has 1 N–H and O–H groups in total. The minimum Gasteiger partial charge on any atom is -0.366 e. The fourth-order valence-corrected chi connectivity index (χ4v) is 2.31. The summed E-state index contributed by atoms with van der Waals surface area (Å²) >= 11 is 18.2. The highest BCUT2D eigenvalue weighted by Crippen LogP contribution is 2.36. The zero-order valence-corrected chi connectivity index (χ0v) is 14.8. The van der Waals surface area contributed by atoms with Gasteiger partial charge >= 0.3 is 0 Å². The van der Waals surface area contributed by atoms with Gasteiger partial charge in [0.15, 0.2) is 5.82 Å². The Balaban J connectivity index is 2.30. The van der Waals surface area contributed by atoms with E-state index in [0.717, 1.165) is 6.54 Å². The number of anilines is 2. The Morgan fingerprint density at radius 2 is 1.87 bits per heavy atom. The Hall–Kier alpha value is -1.49. The monoisotopic (exact) mass is 373 g/mol. The van der Waals surface area contributed by atoms with Crippen LogP contribution in [0.5, 0.6) is 0 Å². The molecule has 2 aromatic carbocycles. The summed E-state index contributed by atoms with van der Waals surface area (Å²) in [5, 5.41) is 3.69. The molecule has 0 amide bonds. The van der Waals surface area contributed by atoms with Crippen molar-refractivity contribution < 1.29 is 4.39 Å². The number of rotatable bonds is 5. The van der Waals surface area contributed by atoms with E-state index in [1.165, 1.54) is 6.07 Å². The highest BCUT2D eigenvalue weighted by atomic mass is 35.5. The van der Waals surface area contributed by atoms with E-state index in [-0.39, 0.29) is 10.7 Å². The number of hydrogen-bond acceptors (Lipinski definition) is 2. The van der Waals surface area contributed by atoms with Crippen molar-refractivity contribution in [3.05, 3.63) is 51.2 Å². The number of halogens is 4. The van der Waals surface area contributed by atoms with E-state index in [2.05, 4.69) is 10.3 Å². The molecule has 0 saturated heterocycles. The van der Waals surface area contributed by atoms with E-state index in [1.54, 1.807) is 30.6 Å². The molecular weight excluding hydrogens is 360 g/mol. The molecule has 23 heavy (non-hydrogen) atoms. The van der Waals surface area contributed by atoms with Gasteiger partial charge in [-0.2, -0.15) is 0 Å². The smallest absolute Gasteiger partial charge is 0.165 e. The first-order valence-electron chi connectivity index (χ1n) is 6.87. The van der Waals surface area contributed by atoms with Crippen molar-refractivity contribution in [1.82, 2.24) is 4.90 Å². The molecular formula is C16H15Cl3FN3. The normalized spacial score (nSPS) is 11.0. The van der Waals surface area contributed by atoms with Crippen molar-refractivity contribution in [3.63, 3.8) is 0 Å². The lowest BCUT2D eigenvalue weighted by molar-refractivity contribution is 0.552. The van der Waals surface area contributed by atoms with E-state index < -0.39 is 5.82 Å². The van der Waals surface area contributed by atoms with Crippen molar-refractivity contribution in [3.8, 4) is 0 Å². The molecule has 0 aromatic heterocycles. The predicted octanol–water partition coefficient (Wildman–Crippen LogP) is 6.14. The third-order valence-electron chi connectivity index (χ3n) is 3.15. The van der Waals surface area contributed by atoms with Crippen molar-refractivity contribution in [2.24, 2.45) is 4.99 Å². The van der Waals surface area contributed by atoms with Gasteiger partial charge in [0.2, 0.25) is 0 Å². The molecule has 3 nitrogen and oxygen atoms in total. The highest BCUT2D eigenvalue weighted by molar-refractivity contribution is 6.37. The largest absolute Gasteiger partial charge is 0.366 e. The van der Waals surface area contributed by atoms with Crippen molar-refractivity contribution in [1.29, 1.82) is 0 Å². The topological polar surface area (TPSA) is 27.6 Å². The molecule has 0 unspecified atom stereocenters. The summed E-state index contributed by atoms with van der Waals surface area (Å²) in [6.45, 7) is 2.83. The van der Waals surface area contributed by atoms with Crippen LogP contribution in [0.1, 0.15) is 6.92 Å². The number of nitrogens with one attached hydrogen (secondary N) is 1. The Kier molecular flexibility index (Phi) is 6.10. The van der Waals surface area contributed by atoms with Crippen molar-refractivity contribution in [2.45, 2.75) is 6.92 Å². The van der Waals surface area contributed by atoms with Gasteiger partial charge in [-0.15, -0.1) is 0 Å². The summed E-state index contributed by atoms with van der Waals surface area (Å²) in [5.41, 5.74) is 1.23. The van der Waals surface area contributed by atoms with Gasteiger partial charge in [-0.05, 0) is 31.2 Å². The molecule has 0 spiro atoms. The van der Waals surface area contributed by atoms with Gasteiger partial charge < -0.3 is 10.2 Å². The second kappa shape index (κ2) is 7.86. The van der Waals surface area contributed by atoms with Crippen LogP contribution in [0.3, 0.4) is 0 Å². The zero-order chi connectivity index (χ0) is 17.0. The van der Waals surface area contributed by atoms with Gasteiger partial charge in [-0.3, -0.25) is 0 Å². The number of nitrogens with zero attached hydrogens (tertiary/aromatic N) is 2. The van der Waals surface area contributed by atoms with Crippen LogP contribution in [0.2, 0.25) is 15.1 Å². The molecule has 7 heteroatoms. The molecule has 0 aliphatic rings. The SMILES string of the molecule is CCN(C)C=Nc1cc(Cl)c(Nc2cccc(Cl)c2F)cc1Cl. The molecule has 2 aromatic rings. The molecule has 0 saturated carbocycles. The van der Waals surface area contributed by atoms with Crippen molar-refractivity contribution in [2.75, 3.05) is 18.9 Å². The quantitative estimate of drug-likeness (QED) is 0.502. The average Bonchev–Trinajstić information content (AvgIpc) is 2.53. The molecule has 0 fully saturated rings. The van der Waals surface area contributed by atoms with Crippen LogP contribution in [-0.2, 0) is 0 Å². The second-order valence-corrected chi connectivity index (χ2v) is 6.05. The minimum absolute atomic E-state index is 0.0287. The molecule has 2 rings (SSSR count). The maximum atomic E-state index is 13.9. The molecule has 0 aliphatic carbocycles. The number of benzene rings is 2. The lowest BCUT2D eigenvalue weighted by Crippen LogP contribution is -2.14. The standard InChI is InChI=1S/C16H15Cl3FN3/c1-3-23(2)9-21-14-7-12(19)15(8-11(14)18)22-13-6-4-5-10(17)16(13)20/h4-9,22H,3H2,1-2H3. The van der Waals surface area contributed by atoms with E-state index >= 15 is 0 Å². The Morgan fingerprint density at radius 1 is 1.13 bits per heavy atom. The first-order valence-corrected chi connectivity index (χ1v) is 8.00. The van der Waals surface area contributed by atoms with Crippen molar-refractivity contribution >= 4 is 58.2 Å². The summed E-state index contributed by atoms with van der Waals surface area (Å²) in [7, 11) is 1.90. The van der Waals surface area contributed by atoms with Crippen LogP contribution in [-0.4, -0.2) is 24.8 Å². The molecule has 0 bridgehead atoms. The van der Waals surface area contributed by atoms with Crippen LogP contribution in [0, 0.1) is 5.82 Å². The van der Waals surface area contributed by atoms with E-state index in [1.807, 2.05) is 18.9 Å². The van der Waals surface area contributed by atoms with Gasteiger partial charge in [0.05, 0.1) is 38.5 Å². The average molecular weight is 375 g/mol. The summed E-state index contributed by atoms with van der Waals surface area (Å²) in [5.74, 6) is -0.548. The third kappa shape index (κ3) is 4.50. The number of aliphatic imine (C=N–C) groups is 1. The van der Waals surface area contributed by atoms with Gasteiger partial charge in [0.1, 0.15) is 0 Å². The first kappa shape index (κ1) is 17.9. The molecule has 0 atom stereocenters. The fourth-order valence-electron chi connectivity index (χ4n) is 1.72. The van der Waals surface area contributed by atoms with Gasteiger partial charge in [0, 0.05) is 13.6 Å². The van der Waals surface area contributed by atoms with Crippen LogP contribution < -0.4 is 5.32 Å². The number of hydrogen-bond donors (Lipinski definition) is 1. The maximum absolute atomic E-state index is 13.9. The van der Waals surface area contributed by atoms with Crippen LogP contribution >= 0.6 is 34.8 Å². The van der Waals surface area contributed by atoms with E-state index in [0.29, 0.717) is 21.4 Å². The summed E-state index contributed by atoms with van der Waals surface area (Å²) in [6.07, 6.45) is 1.67. The molecule has 122 valence electrons. The molecule has 0 aliphatic heterocycles. The summed E-state index contributed by atoms with van der Waals surface area (Å²) in [6, 6.07) is 7.90. The summed E-state index contributed by atoms with van der Waals surface area (Å²) in [4.78, 5) is 6.18. The second-order valence-electron chi connectivity index (χ2n) is 4.83. The van der Waals surface area contributed by atoms with Crippen LogP contribution in [0.15, 0.2) is 35.3 Å². The highest BCUT2D eigenvalue weighted by Gasteiger charge is 2.11. The lowest BCUT2D eigenvalue weighted by Gasteiger charge is -2.12. The Morgan fingerprint density at radius 3 is 2.57 bits per heavy atom. The van der Waals surface area contributed by atoms with Crippen LogP contribution in [0.4, 0.5) is 21.5 Å². The Bertz CT molecular complexity index is 735. The first-order chi connectivity index (χ1) is 10.9. The van der Waals surface area contributed by atoms with E-state index in [9.17, 15) is 4.39 Å². The van der Waals surface area contributed by atoms with Gasteiger partial charge in [-0.1, -0.05) is 40.9 Å². The third-order valence-corrected chi connectivity index (χ3v) is 4.06. The van der Waals surface area contributed by atoms with E-state index in [4.69, 9.17) is 34.8 Å². The lowest BCUT2D eigenvalue weighted by atomic mass is 10.2. The maximum Gasteiger partial charge on any atom is 0.165 e. The van der Waals surface area contributed by atoms with Gasteiger partial charge in [-0.25, -0.2) is 9.38 Å². The summed E-state index contributed by atoms with van der Waals surface area (Å²) < 4.78 is 13.9. The Labute approximate surface area is 149 Å². The molecule has 0 heterocycles. The molecule has 0 radical (unpaired) electrons. The zero-order valence-electron chi connectivity index (χ0n) is 12.6. The fraction of sp³-hybridized carbons (Fsp3) is 0.188.